The Labute approximate surface area is 139 Å². The van der Waals surface area contributed by atoms with Crippen molar-refractivity contribution in [2.24, 2.45) is 5.73 Å². The quantitative estimate of drug-likeness (QED) is 0.758. The van der Waals surface area contributed by atoms with Crippen molar-refractivity contribution in [2.45, 2.75) is 32.7 Å². The van der Waals surface area contributed by atoms with Crippen molar-refractivity contribution in [3.05, 3.63) is 57.0 Å². The highest BCUT2D eigenvalue weighted by atomic mass is 79.9. The monoisotopic (exact) mass is 367 g/mol. The highest BCUT2D eigenvalue weighted by molar-refractivity contribution is 9.10. The van der Waals surface area contributed by atoms with Crippen LogP contribution in [0.15, 0.2) is 40.9 Å². The third-order valence-electron chi connectivity index (χ3n) is 3.39. The predicted molar refractivity (Wildman–Crippen MR) is 92.4 cm³/mol. The minimum atomic E-state index is 0.183. The van der Waals surface area contributed by atoms with Crippen LogP contribution in [-0.2, 0) is 6.42 Å². The molecule has 0 aromatic heterocycles. The number of aryl methyl sites for hydroxylation is 1. The van der Waals surface area contributed by atoms with Crippen molar-refractivity contribution >= 4 is 27.5 Å². The van der Waals surface area contributed by atoms with Crippen LogP contribution in [0.2, 0.25) is 5.02 Å². The molecular weight excluding hydrogens is 350 g/mol. The molecule has 2 nitrogen and oxygen atoms in total. The molecule has 2 aromatic carbocycles. The lowest BCUT2D eigenvalue weighted by atomic mass is 10.0. The molecule has 0 amide bonds. The number of rotatable bonds is 5. The average Bonchev–Trinajstić information content (AvgIpc) is 2.45. The maximum absolute atomic E-state index is 6.02. The van der Waals surface area contributed by atoms with E-state index in [4.69, 9.17) is 22.1 Å². The van der Waals surface area contributed by atoms with Crippen LogP contribution >= 0.6 is 27.5 Å². The first-order valence-electron chi connectivity index (χ1n) is 6.97. The van der Waals surface area contributed by atoms with Gasteiger partial charge in [-0.3, -0.25) is 0 Å². The van der Waals surface area contributed by atoms with Gasteiger partial charge in [-0.25, -0.2) is 0 Å². The molecule has 112 valence electrons. The van der Waals surface area contributed by atoms with E-state index < -0.39 is 0 Å². The van der Waals surface area contributed by atoms with Gasteiger partial charge in [0.05, 0.1) is 4.47 Å². The normalized spacial score (nSPS) is 12.2. The van der Waals surface area contributed by atoms with Crippen molar-refractivity contribution in [2.75, 3.05) is 0 Å². The summed E-state index contributed by atoms with van der Waals surface area (Å²) in [6, 6.07) is 11.9. The zero-order valence-electron chi connectivity index (χ0n) is 12.2. The molecule has 0 aliphatic heterocycles. The standard InChI is InChI=1S/C17H19BrClNO/c1-3-14(20)8-12-5-4-11(2)17(9-12)21-16-7-6-13(19)10-15(16)18/h4-7,9-10,14H,3,8,20H2,1-2H3. The summed E-state index contributed by atoms with van der Waals surface area (Å²) < 4.78 is 6.84. The fraction of sp³-hybridized carbons (Fsp3) is 0.294. The number of ether oxygens (including phenoxy) is 1. The summed E-state index contributed by atoms with van der Waals surface area (Å²) in [4.78, 5) is 0. The van der Waals surface area contributed by atoms with Crippen LogP contribution in [0.4, 0.5) is 0 Å². The lowest BCUT2D eigenvalue weighted by Crippen LogP contribution is -2.21. The molecule has 21 heavy (non-hydrogen) atoms. The maximum atomic E-state index is 6.02. The molecule has 4 heteroatoms. The van der Waals surface area contributed by atoms with Crippen molar-refractivity contribution in [1.29, 1.82) is 0 Å². The number of nitrogens with two attached hydrogens (primary N) is 1. The number of hydrogen-bond donors (Lipinski definition) is 1. The third-order valence-corrected chi connectivity index (χ3v) is 4.24. The van der Waals surface area contributed by atoms with Crippen LogP contribution in [0.5, 0.6) is 11.5 Å². The Morgan fingerprint density at radius 2 is 1.95 bits per heavy atom. The highest BCUT2D eigenvalue weighted by Crippen LogP contribution is 2.33. The fourth-order valence-corrected chi connectivity index (χ4v) is 2.77. The van der Waals surface area contributed by atoms with E-state index in [0.29, 0.717) is 5.02 Å². The van der Waals surface area contributed by atoms with Gasteiger partial charge in [-0.15, -0.1) is 0 Å². The first kappa shape index (κ1) is 16.3. The summed E-state index contributed by atoms with van der Waals surface area (Å²) in [6.45, 7) is 4.13. The van der Waals surface area contributed by atoms with E-state index in [9.17, 15) is 0 Å². The maximum Gasteiger partial charge on any atom is 0.141 e. The first-order chi connectivity index (χ1) is 9.99. The first-order valence-corrected chi connectivity index (χ1v) is 8.14. The van der Waals surface area contributed by atoms with Crippen LogP contribution in [0.3, 0.4) is 0 Å². The van der Waals surface area contributed by atoms with E-state index in [2.05, 4.69) is 41.1 Å². The van der Waals surface area contributed by atoms with Crippen LogP contribution in [0.25, 0.3) is 0 Å². The van der Waals surface area contributed by atoms with Crippen LogP contribution in [0.1, 0.15) is 24.5 Å². The lowest BCUT2D eigenvalue weighted by Gasteiger charge is -2.14. The SMILES string of the molecule is CCC(N)Cc1ccc(C)c(Oc2ccc(Cl)cc2Br)c1. The number of benzene rings is 2. The van der Waals surface area contributed by atoms with E-state index in [1.165, 1.54) is 5.56 Å². The summed E-state index contributed by atoms with van der Waals surface area (Å²) in [5.41, 5.74) is 8.30. The Morgan fingerprint density at radius 3 is 2.62 bits per heavy atom. The van der Waals surface area contributed by atoms with E-state index in [-0.39, 0.29) is 6.04 Å². The largest absolute Gasteiger partial charge is 0.456 e. The molecule has 0 bridgehead atoms. The van der Waals surface area contributed by atoms with Gasteiger partial charge in [0.15, 0.2) is 0 Å². The zero-order chi connectivity index (χ0) is 15.4. The van der Waals surface area contributed by atoms with Crippen molar-refractivity contribution in [3.63, 3.8) is 0 Å². The Balaban J connectivity index is 2.24. The van der Waals surface area contributed by atoms with E-state index >= 15 is 0 Å². The molecule has 0 spiro atoms. The van der Waals surface area contributed by atoms with Crippen LogP contribution in [-0.4, -0.2) is 6.04 Å². The molecule has 2 rings (SSSR count). The van der Waals surface area contributed by atoms with Gasteiger partial charge >= 0.3 is 0 Å². The summed E-state index contributed by atoms with van der Waals surface area (Å²) in [6.07, 6.45) is 1.82. The molecule has 0 heterocycles. The lowest BCUT2D eigenvalue weighted by molar-refractivity contribution is 0.474. The zero-order valence-corrected chi connectivity index (χ0v) is 14.5. The molecule has 2 aromatic rings. The van der Waals surface area contributed by atoms with Crippen molar-refractivity contribution in [3.8, 4) is 11.5 Å². The van der Waals surface area contributed by atoms with E-state index in [0.717, 1.165) is 34.4 Å². The molecule has 0 aliphatic carbocycles. The second kappa shape index (κ2) is 7.30. The minimum absolute atomic E-state index is 0.183. The average molecular weight is 369 g/mol. The third kappa shape index (κ3) is 4.47. The molecule has 0 fully saturated rings. The summed E-state index contributed by atoms with van der Waals surface area (Å²) in [7, 11) is 0. The van der Waals surface area contributed by atoms with Gasteiger partial charge in [-0.05, 0) is 71.1 Å². The number of hydrogen-bond acceptors (Lipinski definition) is 2. The van der Waals surface area contributed by atoms with Gasteiger partial charge in [0, 0.05) is 11.1 Å². The summed E-state index contributed by atoms with van der Waals surface area (Å²) >= 11 is 9.42. The smallest absolute Gasteiger partial charge is 0.141 e. The highest BCUT2D eigenvalue weighted by Gasteiger charge is 2.08. The van der Waals surface area contributed by atoms with Gasteiger partial charge < -0.3 is 10.5 Å². The summed E-state index contributed by atoms with van der Waals surface area (Å²) in [5.74, 6) is 1.60. The van der Waals surface area contributed by atoms with Crippen molar-refractivity contribution < 1.29 is 4.74 Å². The Morgan fingerprint density at radius 1 is 1.19 bits per heavy atom. The van der Waals surface area contributed by atoms with Crippen LogP contribution in [0, 0.1) is 6.92 Å². The molecule has 2 N–H and O–H groups in total. The second-order valence-electron chi connectivity index (χ2n) is 5.15. The number of halogens is 2. The summed E-state index contributed by atoms with van der Waals surface area (Å²) in [5, 5.41) is 0.675. The van der Waals surface area contributed by atoms with Gasteiger partial charge in [-0.1, -0.05) is 30.7 Å². The van der Waals surface area contributed by atoms with E-state index in [1.807, 2.05) is 25.1 Å². The van der Waals surface area contributed by atoms with Gasteiger partial charge in [-0.2, -0.15) is 0 Å². The minimum Gasteiger partial charge on any atom is -0.456 e. The molecule has 0 radical (unpaired) electrons. The van der Waals surface area contributed by atoms with Gasteiger partial charge in [0.25, 0.3) is 0 Å². The Bertz CT molecular complexity index is 630. The molecular formula is C17H19BrClNO. The Kier molecular flexibility index (Phi) is 5.68. The van der Waals surface area contributed by atoms with Crippen LogP contribution < -0.4 is 10.5 Å². The molecule has 0 saturated carbocycles. The molecule has 0 aliphatic rings. The van der Waals surface area contributed by atoms with Gasteiger partial charge in [0.1, 0.15) is 11.5 Å². The molecule has 0 saturated heterocycles. The topological polar surface area (TPSA) is 35.2 Å². The fourth-order valence-electron chi connectivity index (χ4n) is 2.00. The molecule has 1 unspecified atom stereocenters. The second-order valence-corrected chi connectivity index (χ2v) is 6.44. The van der Waals surface area contributed by atoms with Gasteiger partial charge in [0.2, 0.25) is 0 Å². The van der Waals surface area contributed by atoms with E-state index in [1.54, 1.807) is 0 Å². The Hall–Kier alpha value is -1.03. The van der Waals surface area contributed by atoms with Crippen molar-refractivity contribution in [1.82, 2.24) is 0 Å². The molecule has 1 atom stereocenters. The predicted octanol–water partition coefficient (Wildman–Crippen LogP) is 5.48.